The zero-order valence-corrected chi connectivity index (χ0v) is 12.2. The summed E-state index contributed by atoms with van der Waals surface area (Å²) in [6, 6.07) is -0.612. The molecule has 2 amide bonds. The number of rotatable bonds is 5. The highest BCUT2D eigenvalue weighted by molar-refractivity contribution is 7.07. The van der Waals surface area contributed by atoms with Gasteiger partial charge in [0, 0.05) is 24.4 Å². The molecule has 1 aromatic heterocycles. The number of hydrogen-bond donors (Lipinski definition) is 3. The van der Waals surface area contributed by atoms with Crippen molar-refractivity contribution in [2.45, 2.75) is 38.6 Å². The minimum atomic E-state index is -0.855. The molecule has 0 aromatic carbocycles. The second-order valence-electron chi connectivity index (χ2n) is 5.30. The van der Waals surface area contributed by atoms with Crippen molar-refractivity contribution in [3.05, 3.63) is 16.6 Å². The van der Waals surface area contributed by atoms with E-state index in [9.17, 15) is 14.7 Å². The van der Waals surface area contributed by atoms with Gasteiger partial charge in [-0.1, -0.05) is 6.42 Å². The summed E-state index contributed by atoms with van der Waals surface area (Å²) in [5.74, 6) is -0.845. The first-order chi connectivity index (χ1) is 9.52. The van der Waals surface area contributed by atoms with Gasteiger partial charge in [0.2, 0.25) is 0 Å². The van der Waals surface area contributed by atoms with Crippen molar-refractivity contribution in [3.8, 4) is 0 Å². The van der Waals surface area contributed by atoms with Gasteiger partial charge in [-0.05, 0) is 19.8 Å². The average Bonchev–Trinajstić information content (AvgIpc) is 3.01. The van der Waals surface area contributed by atoms with Crippen LogP contribution < -0.4 is 10.6 Å². The summed E-state index contributed by atoms with van der Waals surface area (Å²) in [6.45, 7) is 2.19. The first kappa shape index (κ1) is 14.8. The van der Waals surface area contributed by atoms with Crippen molar-refractivity contribution in [2.75, 3.05) is 6.54 Å². The van der Waals surface area contributed by atoms with E-state index >= 15 is 0 Å². The molecule has 1 fully saturated rings. The van der Waals surface area contributed by atoms with Gasteiger partial charge in [-0.15, -0.1) is 11.3 Å². The minimum Gasteiger partial charge on any atom is -0.481 e. The Morgan fingerprint density at radius 3 is 3.05 bits per heavy atom. The molecule has 20 heavy (non-hydrogen) atoms. The number of carbonyl (C=O) groups excluding carboxylic acids is 1. The summed E-state index contributed by atoms with van der Waals surface area (Å²) in [4.78, 5) is 27.2. The van der Waals surface area contributed by atoms with Crippen LogP contribution in [-0.4, -0.2) is 34.7 Å². The molecule has 0 aliphatic heterocycles. The van der Waals surface area contributed by atoms with E-state index in [1.54, 1.807) is 12.4 Å². The van der Waals surface area contributed by atoms with Crippen molar-refractivity contribution < 1.29 is 14.7 Å². The molecule has 6 nitrogen and oxygen atoms in total. The molecular formula is C13H19N3O3S. The van der Waals surface area contributed by atoms with E-state index < -0.39 is 11.4 Å². The number of thiazole rings is 1. The Kier molecular flexibility index (Phi) is 4.59. The highest BCUT2D eigenvalue weighted by atomic mass is 32.1. The summed E-state index contributed by atoms with van der Waals surface area (Å²) >= 11 is 1.52. The van der Waals surface area contributed by atoms with Gasteiger partial charge in [-0.25, -0.2) is 9.78 Å². The first-order valence-corrected chi connectivity index (χ1v) is 7.61. The van der Waals surface area contributed by atoms with Crippen LogP contribution in [0.2, 0.25) is 0 Å². The number of aliphatic carboxylic acids is 1. The van der Waals surface area contributed by atoms with Crippen LogP contribution >= 0.6 is 11.3 Å². The molecular weight excluding hydrogens is 278 g/mol. The Bertz CT molecular complexity index is 477. The Labute approximate surface area is 121 Å². The van der Waals surface area contributed by atoms with Gasteiger partial charge in [0.05, 0.1) is 16.6 Å². The van der Waals surface area contributed by atoms with Gasteiger partial charge >= 0.3 is 12.0 Å². The monoisotopic (exact) mass is 297 g/mol. The van der Waals surface area contributed by atoms with Gasteiger partial charge in [-0.3, -0.25) is 4.79 Å². The van der Waals surface area contributed by atoms with Gasteiger partial charge in [0.15, 0.2) is 0 Å². The average molecular weight is 297 g/mol. The maximum absolute atomic E-state index is 11.8. The predicted octanol–water partition coefficient (Wildman–Crippen LogP) is 1.63. The predicted molar refractivity (Wildman–Crippen MR) is 75.7 cm³/mol. The number of amides is 2. The van der Waals surface area contributed by atoms with Crippen LogP contribution in [-0.2, 0) is 11.2 Å². The molecule has 2 unspecified atom stereocenters. The topological polar surface area (TPSA) is 91.3 Å². The fourth-order valence-electron chi connectivity index (χ4n) is 2.53. The van der Waals surface area contributed by atoms with Gasteiger partial charge in [-0.2, -0.15) is 0 Å². The lowest BCUT2D eigenvalue weighted by Gasteiger charge is -2.27. The Hall–Kier alpha value is -1.63. The minimum absolute atomic E-state index is 0.306. The maximum Gasteiger partial charge on any atom is 0.315 e. The molecule has 7 heteroatoms. The van der Waals surface area contributed by atoms with E-state index in [1.807, 2.05) is 5.38 Å². The molecule has 1 heterocycles. The second kappa shape index (κ2) is 6.21. The summed E-state index contributed by atoms with van der Waals surface area (Å²) in [7, 11) is 0. The fourth-order valence-corrected chi connectivity index (χ4v) is 3.12. The third kappa shape index (κ3) is 3.27. The number of carboxylic acid groups (broad SMARTS) is 1. The van der Waals surface area contributed by atoms with E-state index in [1.165, 1.54) is 11.3 Å². The lowest BCUT2D eigenvalue weighted by molar-refractivity contribution is -0.148. The molecule has 2 rings (SSSR count). The van der Waals surface area contributed by atoms with Crippen molar-refractivity contribution in [1.82, 2.24) is 15.6 Å². The van der Waals surface area contributed by atoms with Crippen LogP contribution in [0.3, 0.4) is 0 Å². The number of nitrogens with one attached hydrogen (secondary N) is 2. The van der Waals surface area contributed by atoms with E-state index in [2.05, 4.69) is 15.6 Å². The Morgan fingerprint density at radius 1 is 1.60 bits per heavy atom. The summed E-state index contributed by atoms with van der Waals surface area (Å²) in [5, 5.41) is 16.7. The van der Waals surface area contributed by atoms with Crippen molar-refractivity contribution in [2.24, 2.45) is 5.41 Å². The van der Waals surface area contributed by atoms with Crippen molar-refractivity contribution in [1.29, 1.82) is 0 Å². The van der Waals surface area contributed by atoms with Crippen LogP contribution in [0.15, 0.2) is 10.9 Å². The number of hydrogen-bond acceptors (Lipinski definition) is 4. The lowest BCUT2D eigenvalue weighted by atomic mass is 9.85. The van der Waals surface area contributed by atoms with E-state index in [0.717, 1.165) is 12.1 Å². The maximum atomic E-state index is 11.8. The molecule has 1 saturated carbocycles. The third-order valence-corrected chi connectivity index (χ3v) is 4.54. The van der Waals surface area contributed by atoms with Crippen LogP contribution in [0.25, 0.3) is 0 Å². The number of nitrogens with zero attached hydrogens (tertiary/aromatic N) is 1. The van der Waals surface area contributed by atoms with Gasteiger partial charge in [0.25, 0.3) is 0 Å². The van der Waals surface area contributed by atoms with E-state index in [4.69, 9.17) is 0 Å². The lowest BCUT2D eigenvalue weighted by Crippen LogP contribution is -2.50. The molecule has 1 aliphatic carbocycles. The molecule has 2 atom stereocenters. The van der Waals surface area contributed by atoms with Crippen molar-refractivity contribution in [3.63, 3.8) is 0 Å². The van der Waals surface area contributed by atoms with Crippen LogP contribution in [0.5, 0.6) is 0 Å². The van der Waals surface area contributed by atoms with Crippen LogP contribution in [0.1, 0.15) is 31.9 Å². The van der Waals surface area contributed by atoms with E-state index in [0.29, 0.717) is 25.8 Å². The van der Waals surface area contributed by atoms with Crippen molar-refractivity contribution >= 4 is 23.3 Å². The number of carbonyl (C=O) groups is 2. The normalized spacial score (nSPS) is 25.4. The fraction of sp³-hybridized carbons (Fsp3) is 0.615. The standard InChI is InChI=1S/C13H19N3O3S/c1-13(11(17)18)5-2-3-10(13)16-12(19)14-6-4-9-7-20-8-15-9/h7-8,10H,2-6H2,1H3,(H,17,18)(H2,14,16,19). The second-order valence-corrected chi connectivity index (χ2v) is 6.02. The number of aromatic nitrogens is 1. The third-order valence-electron chi connectivity index (χ3n) is 3.90. The highest BCUT2D eigenvalue weighted by Crippen LogP contribution is 2.38. The summed E-state index contributed by atoms with van der Waals surface area (Å²) in [5.41, 5.74) is 1.85. The van der Waals surface area contributed by atoms with Gasteiger partial charge < -0.3 is 15.7 Å². The van der Waals surface area contributed by atoms with E-state index in [-0.39, 0.29) is 12.1 Å². The molecule has 110 valence electrons. The van der Waals surface area contributed by atoms with Crippen LogP contribution in [0, 0.1) is 5.41 Å². The summed E-state index contributed by atoms with van der Waals surface area (Å²) in [6.07, 6.45) is 2.82. The zero-order chi connectivity index (χ0) is 14.6. The molecule has 3 N–H and O–H groups in total. The Morgan fingerprint density at radius 2 is 2.40 bits per heavy atom. The van der Waals surface area contributed by atoms with Gasteiger partial charge in [0.1, 0.15) is 0 Å². The highest BCUT2D eigenvalue weighted by Gasteiger charge is 2.45. The molecule has 1 aliphatic rings. The molecule has 0 saturated heterocycles. The SMILES string of the molecule is CC1(C(=O)O)CCCC1NC(=O)NCCc1cscn1. The number of urea groups is 1. The zero-order valence-electron chi connectivity index (χ0n) is 11.4. The first-order valence-electron chi connectivity index (χ1n) is 6.67. The largest absolute Gasteiger partial charge is 0.481 e. The molecule has 1 aromatic rings. The smallest absolute Gasteiger partial charge is 0.315 e. The molecule has 0 spiro atoms. The Balaban J connectivity index is 1.78. The quantitative estimate of drug-likeness (QED) is 0.770. The molecule has 0 radical (unpaired) electrons. The molecule has 0 bridgehead atoms. The van der Waals surface area contributed by atoms with Crippen LogP contribution in [0.4, 0.5) is 4.79 Å². The summed E-state index contributed by atoms with van der Waals surface area (Å²) < 4.78 is 0. The number of carboxylic acids is 1.